The first-order chi connectivity index (χ1) is 15.5. The summed E-state index contributed by atoms with van der Waals surface area (Å²) in [5, 5.41) is 8.89. The highest BCUT2D eigenvalue weighted by atomic mass is 19.1. The molecule has 5 rings (SSSR count). The highest BCUT2D eigenvalue weighted by Gasteiger charge is 2.19. The van der Waals surface area contributed by atoms with Crippen LogP contribution in [0.4, 0.5) is 13.2 Å². The highest BCUT2D eigenvalue weighted by molar-refractivity contribution is 5.80. The molecule has 0 radical (unpaired) electrons. The van der Waals surface area contributed by atoms with Crippen LogP contribution in [0.2, 0.25) is 0 Å². The van der Waals surface area contributed by atoms with Gasteiger partial charge in [-0.1, -0.05) is 18.2 Å². The molecule has 4 aromatic rings. The molecule has 0 saturated heterocycles. The summed E-state index contributed by atoms with van der Waals surface area (Å²) in [5.74, 6) is -1.64. The van der Waals surface area contributed by atoms with Gasteiger partial charge in [0.2, 0.25) is 0 Å². The van der Waals surface area contributed by atoms with Crippen molar-refractivity contribution in [2.24, 2.45) is 0 Å². The third-order valence-corrected chi connectivity index (χ3v) is 5.88. The van der Waals surface area contributed by atoms with Gasteiger partial charge in [-0.15, -0.1) is 0 Å². The number of fused-ring (bicyclic) bond motifs is 3. The lowest BCUT2D eigenvalue weighted by Crippen LogP contribution is -2.28. The van der Waals surface area contributed by atoms with Crippen molar-refractivity contribution in [3.63, 3.8) is 0 Å². The Morgan fingerprint density at radius 1 is 1.09 bits per heavy atom. The molecule has 2 aromatic heterocycles. The predicted molar refractivity (Wildman–Crippen MR) is 114 cm³/mol. The lowest BCUT2D eigenvalue weighted by atomic mass is 9.97. The zero-order valence-electron chi connectivity index (χ0n) is 16.8. The minimum Gasteiger partial charge on any atom is -0.316 e. The second-order valence-electron chi connectivity index (χ2n) is 7.79. The molecule has 1 N–H and O–H groups in total. The molecule has 0 aliphatic carbocycles. The van der Waals surface area contributed by atoms with Crippen LogP contribution in [0.3, 0.4) is 0 Å². The predicted octanol–water partition coefficient (Wildman–Crippen LogP) is 4.36. The van der Waals surface area contributed by atoms with Gasteiger partial charge in [0, 0.05) is 37.0 Å². The Balaban J connectivity index is 1.41. The van der Waals surface area contributed by atoms with Gasteiger partial charge in [-0.05, 0) is 36.3 Å². The Kier molecular flexibility index (Phi) is 4.83. The summed E-state index contributed by atoms with van der Waals surface area (Å²) < 4.78 is 44.7. The molecule has 2 aromatic carbocycles. The number of halogens is 3. The molecule has 32 heavy (non-hydrogen) atoms. The van der Waals surface area contributed by atoms with Gasteiger partial charge in [-0.2, -0.15) is 5.26 Å². The van der Waals surface area contributed by atoms with Crippen molar-refractivity contribution in [2.75, 3.05) is 13.1 Å². The van der Waals surface area contributed by atoms with Crippen LogP contribution in [0.1, 0.15) is 23.1 Å². The van der Waals surface area contributed by atoms with Crippen LogP contribution < -0.4 is 5.56 Å². The Labute approximate surface area is 180 Å². The van der Waals surface area contributed by atoms with Gasteiger partial charge in [-0.3, -0.25) is 9.69 Å². The molecule has 0 unspecified atom stereocenters. The van der Waals surface area contributed by atoms with Crippen LogP contribution in [-0.4, -0.2) is 27.4 Å². The van der Waals surface area contributed by atoms with Gasteiger partial charge in [0.1, 0.15) is 16.9 Å². The molecule has 0 bridgehead atoms. The molecule has 0 saturated carbocycles. The Morgan fingerprint density at radius 3 is 2.66 bits per heavy atom. The highest BCUT2D eigenvalue weighted by Crippen LogP contribution is 2.27. The number of nitriles is 1. The quantitative estimate of drug-likeness (QED) is 0.521. The lowest BCUT2D eigenvalue weighted by molar-refractivity contribution is 0.289. The normalized spacial score (nSPS) is 14.6. The zero-order valence-corrected chi connectivity index (χ0v) is 16.8. The largest absolute Gasteiger partial charge is 0.316 e. The summed E-state index contributed by atoms with van der Waals surface area (Å²) in [6.07, 6.45) is 3.89. The average molecular weight is 434 g/mol. The number of H-pyrrole nitrogens is 1. The van der Waals surface area contributed by atoms with Gasteiger partial charge in [0.05, 0.1) is 17.1 Å². The molecule has 0 amide bonds. The number of benzene rings is 2. The van der Waals surface area contributed by atoms with Crippen LogP contribution in [0.15, 0.2) is 53.5 Å². The van der Waals surface area contributed by atoms with E-state index in [1.165, 1.54) is 22.7 Å². The molecule has 3 heterocycles. The minimum absolute atomic E-state index is 0.0310. The van der Waals surface area contributed by atoms with Gasteiger partial charge < -0.3 is 9.38 Å². The number of nitrogens with zero attached hydrogens (tertiary/aromatic N) is 3. The molecular formula is C24H17F3N4O. The second-order valence-corrected chi connectivity index (χ2v) is 7.79. The van der Waals surface area contributed by atoms with E-state index in [9.17, 15) is 13.6 Å². The number of rotatable bonds is 3. The van der Waals surface area contributed by atoms with E-state index in [0.29, 0.717) is 42.7 Å². The van der Waals surface area contributed by atoms with Gasteiger partial charge in [0.25, 0.3) is 5.56 Å². The number of nitrogens with one attached hydrogen (secondary N) is 1. The summed E-state index contributed by atoms with van der Waals surface area (Å²) in [6.45, 7) is 1.41. The molecule has 1 aliphatic rings. The number of aromatic nitrogens is 2. The summed E-state index contributed by atoms with van der Waals surface area (Å²) in [4.78, 5) is 16.7. The van der Waals surface area contributed by atoms with Crippen LogP contribution in [0, 0.1) is 28.8 Å². The van der Waals surface area contributed by atoms with Crippen LogP contribution in [0.5, 0.6) is 0 Å². The van der Waals surface area contributed by atoms with Gasteiger partial charge in [0.15, 0.2) is 11.6 Å². The Hall–Kier alpha value is -3.83. The molecule has 0 fully saturated rings. The van der Waals surface area contributed by atoms with Crippen LogP contribution in [0.25, 0.3) is 22.1 Å². The molecule has 1 aliphatic heterocycles. The first-order valence-corrected chi connectivity index (χ1v) is 10.1. The number of hydrogen-bond acceptors (Lipinski definition) is 3. The molecule has 5 nitrogen and oxygen atoms in total. The topological polar surface area (TPSA) is 64.3 Å². The van der Waals surface area contributed by atoms with E-state index in [2.05, 4.69) is 4.98 Å². The molecule has 0 atom stereocenters. The van der Waals surface area contributed by atoms with E-state index in [4.69, 9.17) is 5.26 Å². The summed E-state index contributed by atoms with van der Waals surface area (Å²) in [7, 11) is 0. The second kappa shape index (κ2) is 7.70. The first kappa shape index (κ1) is 20.1. The standard InChI is InChI=1S/C24H17F3N4O/c25-18-7-10-31-20-4-2-16(21(27)22(20)29-24(32)23(18)31)13-30-8-5-15(6-9-30)17-3-1-14(12-28)11-19(17)26/h1-5,7,10-11H,6,8-9,13H2,(H,29,32). The van der Waals surface area contributed by atoms with E-state index in [1.807, 2.05) is 17.0 Å². The molecule has 0 spiro atoms. The number of hydrogen-bond donors (Lipinski definition) is 1. The third-order valence-electron chi connectivity index (χ3n) is 5.88. The van der Waals surface area contributed by atoms with Gasteiger partial charge in [-0.25, -0.2) is 13.2 Å². The van der Waals surface area contributed by atoms with Crippen LogP contribution >= 0.6 is 0 Å². The average Bonchev–Trinajstić information content (AvgIpc) is 3.19. The van der Waals surface area contributed by atoms with E-state index >= 15 is 4.39 Å². The number of aromatic amines is 1. The first-order valence-electron chi connectivity index (χ1n) is 10.1. The van der Waals surface area contributed by atoms with E-state index in [-0.39, 0.29) is 16.6 Å². The van der Waals surface area contributed by atoms with E-state index < -0.39 is 23.0 Å². The van der Waals surface area contributed by atoms with Crippen molar-refractivity contribution in [3.8, 4) is 6.07 Å². The summed E-state index contributed by atoms with van der Waals surface area (Å²) >= 11 is 0. The fourth-order valence-corrected chi connectivity index (χ4v) is 4.24. The third kappa shape index (κ3) is 3.27. The smallest absolute Gasteiger partial charge is 0.275 e. The fourth-order valence-electron chi connectivity index (χ4n) is 4.24. The van der Waals surface area contributed by atoms with Gasteiger partial charge >= 0.3 is 0 Å². The van der Waals surface area contributed by atoms with E-state index in [1.54, 1.807) is 24.3 Å². The summed E-state index contributed by atoms with van der Waals surface area (Å²) in [6, 6.07) is 10.8. The lowest BCUT2D eigenvalue weighted by Gasteiger charge is -2.27. The zero-order chi connectivity index (χ0) is 22.4. The molecule has 160 valence electrons. The van der Waals surface area contributed by atoms with Crippen molar-refractivity contribution < 1.29 is 13.2 Å². The maximum Gasteiger partial charge on any atom is 0.275 e. The van der Waals surface area contributed by atoms with Crippen molar-refractivity contribution >= 4 is 22.1 Å². The Morgan fingerprint density at radius 2 is 1.94 bits per heavy atom. The molecular weight excluding hydrogens is 417 g/mol. The maximum absolute atomic E-state index is 15.2. The summed E-state index contributed by atoms with van der Waals surface area (Å²) in [5.41, 5.74) is 1.57. The molecule has 8 heteroatoms. The van der Waals surface area contributed by atoms with E-state index in [0.717, 1.165) is 5.57 Å². The fraction of sp³-hybridized carbons (Fsp3) is 0.167. The monoisotopic (exact) mass is 434 g/mol. The Bertz CT molecular complexity index is 1510. The van der Waals surface area contributed by atoms with Crippen molar-refractivity contribution in [1.82, 2.24) is 14.3 Å². The minimum atomic E-state index is -0.689. The van der Waals surface area contributed by atoms with Crippen LogP contribution in [-0.2, 0) is 6.54 Å². The van der Waals surface area contributed by atoms with Crippen molar-refractivity contribution in [1.29, 1.82) is 5.26 Å². The van der Waals surface area contributed by atoms with Crippen molar-refractivity contribution in [2.45, 2.75) is 13.0 Å². The SMILES string of the molecule is N#Cc1ccc(C2=CCN(Cc3ccc4c([nH]c(=O)c5c(F)ccn54)c3F)CC2)c(F)c1. The van der Waals surface area contributed by atoms with Crippen molar-refractivity contribution in [3.05, 3.63) is 93.2 Å². The maximum atomic E-state index is 15.2.